The van der Waals surface area contributed by atoms with Gasteiger partial charge in [0.25, 0.3) is 0 Å². The number of esters is 5. The number of hydrogen-bond donors (Lipinski definition) is 1. The molecule has 0 saturated heterocycles. The molecule has 0 radical (unpaired) electrons. The van der Waals surface area contributed by atoms with E-state index in [1.807, 2.05) is 0 Å². The molecule has 13 nitrogen and oxygen atoms in total. The lowest BCUT2D eigenvalue weighted by atomic mass is 9.99. The molecule has 0 spiro atoms. The van der Waals surface area contributed by atoms with Crippen LogP contribution in [0.15, 0.2) is 0 Å². The van der Waals surface area contributed by atoms with E-state index in [1.165, 1.54) is 0 Å². The molecule has 0 heterocycles. The standard InChI is InChI=1S/C19H29NO12/c1-9(21)20-16(19(27-7)32-14(6)26)18(31-13(5)25)17(30-12(4)24)15(29-11(3)23)8-28-10(2)22/h15-19H,8H2,1-7H3,(H,20,21)/t15-,16-,17-,18-,19-/m1/s1. The predicted octanol–water partition coefficient (Wildman–Crippen LogP) is -0.615. The second-order valence-electron chi connectivity index (χ2n) is 6.54. The largest absolute Gasteiger partial charge is 0.462 e. The average Bonchev–Trinajstić information content (AvgIpc) is 2.63. The van der Waals surface area contributed by atoms with Gasteiger partial charge in [-0.2, -0.15) is 0 Å². The molecule has 182 valence electrons. The maximum atomic E-state index is 11.9. The van der Waals surface area contributed by atoms with Gasteiger partial charge in [-0.15, -0.1) is 0 Å². The van der Waals surface area contributed by atoms with Crippen LogP contribution in [0.25, 0.3) is 0 Å². The summed E-state index contributed by atoms with van der Waals surface area (Å²) in [5, 5.41) is 2.41. The molecule has 1 amide bonds. The smallest absolute Gasteiger partial charge is 0.305 e. The lowest BCUT2D eigenvalue weighted by Gasteiger charge is -2.38. The van der Waals surface area contributed by atoms with Crippen molar-refractivity contribution in [1.29, 1.82) is 0 Å². The van der Waals surface area contributed by atoms with E-state index in [2.05, 4.69) is 5.32 Å². The van der Waals surface area contributed by atoms with Crippen LogP contribution >= 0.6 is 0 Å². The van der Waals surface area contributed by atoms with Gasteiger partial charge in [0.2, 0.25) is 12.2 Å². The molecule has 0 unspecified atom stereocenters. The molecule has 0 fully saturated rings. The number of hydrogen-bond acceptors (Lipinski definition) is 12. The van der Waals surface area contributed by atoms with Gasteiger partial charge in [0.1, 0.15) is 12.6 Å². The van der Waals surface area contributed by atoms with Crippen LogP contribution in [-0.2, 0) is 57.2 Å². The van der Waals surface area contributed by atoms with Gasteiger partial charge < -0.3 is 33.7 Å². The van der Waals surface area contributed by atoms with Gasteiger partial charge in [-0.1, -0.05) is 0 Å². The number of amides is 1. The molecule has 13 heteroatoms. The normalized spacial score (nSPS) is 15.1. The van der Waals surface area contributed by atoms with E-state index >= 15 is 0 Å². The lowest BCUT2D eigenvalue weighted by Crippen LogP contribution is -2.61. The van der Waals surface area contributed by atoms with Crippen molar-refractivity contribution in [2.45, 2.75) is 72.2 Å². The SMILES string of the molecule is CO[C@H](OC(C)=O)[C@H](NC(C)=O)[C@@H](OC(C)=O)[C@H](OC(C)=O)[C@@H](COC(C)=O)OC(C)=O. The second-order valence-corrected chi connectivity index (χ2v) is 6.54. The summed E-state index contributed by atoms with van der Waals surface area (Å²) in [7, 11) is 1.15. The molecule has 0 aromatic rings. The summed E-state index contributed by atoms with van der Waals surface area (Å²) in [6.07, 6.45) is -6.18. The van der Waals surface area contributed by atoms with E-state index in [9.17, 15) is 28.8 Å². The van der Waals surface area contributed by atoms with Gasteiger partial charge in [0.05, 0.1) is 0 Å². The zero-order valence-corrected chi connectivity index (χ0v) is 19.0. The fourth-order valence-electron chi connectivity index (χ4n) is 2.66. The third-order valence-corrected chi connectivity index (χ3v) is 3.59. The predicted molar refractivity (Wildman–Crippen MR) is 103 cm³/mol. The number of carbonyl (C=O) groups excluding carboxylic acids is 6. The third kappa shape index (κ3) is 11.2. The Labute approximate surface area is 185 Å². The number of carbonyl (C=O) groups is 6. The van der Waals surface area contributed by atoms with Crippen molar-refractivity contribution in [3.8, 4) is 0 Å². The molecule has 5 atom stereocenters. The second kappa shape index (κ2) is 14.0. The summed E-state index contributed by atoms with van der Waals surface area (Å²) in [5.41, 5.74) is 0. The van der Waals surface area contributed by atoms with Crippen LogP contribution in [0.4, 0.5) is 0 Å². The molecule has 0 saturated carbocycles. The minimum Gasteiger partial charge on any atom is -0.462 e. The van der Waals surface area contributed by atoms with Crippen molar-refractivity contribution >= 4 is 35.8 Å². The minimum absolute atomic E-state index is 0.581. The van der Waals surface area contributed by atoms with Crippen LogP contribution in [-0.4, -0.2) is 80.1 Å². The first-order chi connectivity index (χ1) is 14.8. The van der Waals surface area contributed by atoms with Gasteiger partial charge in [0, 0.05) is 48.7 Å². The molecule has 0 aromatic heterocycles. The highest BCUT2D eigenvalue weighted by molar-refractivity contribution is 5.74. The molecule has 0 rings (SSSR count). The summed E-state index contributed by atoms with van der Waals surface area (Å²) >= 11 is 0. The van der Waals surface area contributed by atoms with E-state index in [4.69, 9.17) is 28.4 Å². The molecule has 0 aromatic carbocycles. The van der Waals surface area contributed by atoms with E-state index in [-0.39, 0.29) is 0 Å². The average molecular weight is 463 g/mol. The molecular formula is C19H29NO12. The Balaban J connectivity index is 6.54. The summed E-state index contributed by atoms with van der Waals surface area (Å²) in [4.78, 5) is 70.0. The third-order valence-electron chi connectivity index (χ3n) is 3.59. The zero-order chi connectivity index (χ0) is 25.0. The molecule has 0 aliphatic carbocycles. The van der Waals surface area contributed by atoms with Crippen LogP contribution in [0.1, 0.15) is 41.5 Å². The van der Waals surface area contributed by atoms with Gasteiger partial charge in [-0.3, -0.25) is 28.8 Å². The van der Waals surface area contributed by atoms with Gasteiger partial charge in [0.15, 0.2) is 18.3 Å². The van der Waals surface area contributed by atoms with Crippen LogP contribution in [0, 0.1) is 0 Å². The Hall–Kier alpha value is -3.22. The minimum atomic E-state index is -1.61. The van der Waals surface area contributed by atoms with Gasteiger partial charge >= 0.3 is 29.8 Å². The van der Waals surface area contributed by atoms with Crippen molar-refractivity contribution < 1.29 is 57.2 Å². The van der Waals surface area contributed by atoms with Crippen LogP contribution < -0.4 is 5.32 Å². The van der Waals surface area contributed by atoms with Crippen LogP contribution in [0.5, 0.6) is 0 Å². The highest BCUT2D eigenvalue weighted by atomic mass is 16.7. The summed E-state index contributed by atoms with van der Waals surface area (Å²) in [6.45, 7) is 5.82. The lowest BCUT2D eigenvalue weighted by molar-refractivity contribution is -0.211. The monoisotopic (exact) mass is 463 g/mol. The van der Waals surface area contributed by atoms with Crippen molar-refractivity contribution in [2.24, 2.45) is 0 Å². The summed E-state index contributed by atoms with van der Waals surface area (Å²) in [5.74, 6) is -4.77. The molecule has 32 heavy (non-hydrogen) atoms. The topological polar surface area (TPSA) is 170 Å². The molecule has 0 aliphatic rings. The number of ether oxygens (including phenoxy) is 6. The number of nitrogens with one attached hydrogen (secondary N) is 1. The first-order valence-corrected chi connectivity index (χ1v) is 9.40. The zero-order valence-electron chi connectivity index (χ0n) is 19.0. The van der Waals surface area contributed by atoms with Gasteiger partial charge in [-0.05, 0) is 0 Å². The number of rotatable bonds is 12. The highest BCUT2D eigenvalue weighted by Crippen LogP contribution is 2.21. The maximum Gasteiger partial charge on any atom is 0.305 e. The Morgan fingerprint density at radius 1 is 0.656 bits per heavy atom. The van der Waals surface area contributed by atoms with E-state index in [1.54, 1.807) is 0 Å². The quantitative estimate of drug-likeness (QED) is 0.221. The van der Waals surface area contributed by atoms with Crippen LogP contribution in [0.3, 0.4) is 0 Å². The highest BCUT2D eigenvalue weighted by Gasteiger charge is 2.46. The van der Waals surface area contributed by atoms with Gasteiger partial charge in [-0.25, -0.2) is 0 Å². The molecule has 0 aliphatic heterocycles. The Morgan fingerprint density at radius 2 is 1.12 bits per heavy atom. The Kier molecular flexibility index (Phi) is 12.6. The van der Waals surface area contributed by atoms with Crippen molar-refractivity contribution in [2.75, 3.05) is 13.7 Å². The Morgan fingerprint density at radius 3 is 1.50 bits per heavy atom. The summed E-state index contributed by atoms with van der Waals surface area (Å²) < 4.78 is 30.7. The summed E-state index contributed by atoms with van der Waals surface area (Å²) in [6, 6.07) is -1.43. The molecule has 1 N–H and O–H groups in total. The van der Waals surface area contributed by atoms with E-state index < -0.39 is 73.0 Å². The van der Waals surface area contributed by atoms with Crippen molar-refractivity contribution in [1.82, 2.24) is 5.32 Å². The fourth-order valence-corrected chi connectivity index (χ4v) is 2.66. The first-order valence-electron chi connectivity index (χ1n) is 9.40. The first kappa shape index (κ1) is 28.8. The van der Waals surface area contributed by atoms with Crippen LogP contribution in [0.2, 0.25) is 0 Å². The maximum absolute atomic E-state index is 11.9. The molecular weight excluding hydrogens is 434 g/mol. The number of methoxy groups -OCH3 is 1. The fraction of sp³-hybridized carbons (Fsp3) is 0.684. The van der Waals surface area contributed by atoms with Crippen molar-refractivity contribution in [3.63, 3.8) is 0 Å². The van der Waals surface area contributed by atoms with E-state index in [0.29, 0.717) is 0 Å². The Bertz CT molecular complexity index is 706. The van der Waals surface area contributed by atoms with E-state index in [0.717, 1.165) is 48.7 Å². The molecule has 0 bridgehead atoms. The van der Waals surface area contributed by atoms with Crippen molar-refractivity contribution in [3.05, 3.63) is 0 Å².